The molecule has 1 aliphatic carbocycles. The molecule has 2 aromatic heterocycles. The Kier molecular flexibility index (Phi) is 3.90. The lowest BCUT2D eigenvalue weighted by Gasteiger charge is -2.07. The number of aromatic nitrogens is 3. The third kappa shape index (κ3) is 3.10. The van der Waals surface area contributed by atoms with Crippen molar-refractivity contribution in [1.29, 1.82) is 0 Å². The maximum absolute atomic E-state index is 5.24. The third-order valence-electron chi connectivity index (χ3n) is 3.95. The van der Waals surface area contributed by atoms with Crippen LogP contribution in [0.25, 0.3) is 10.6 Å². The molecule has 0 radical (unpaired) electrons. The zero-order chi connectivity index (χ0) is 16.5. The molecule has 0 aliphatic heterocycles. The van der Waals surface area contributed by atoms with Crippen LogP contribution in [0.4, 0.5) is 11.6 Å². The van der Waals surface area contributed by atoms with Gasteiger partial charge in [0.2, 0.25) is 5.95 Å². The number of hydrogen-bond acceptors (Lipinski definition) is 6. The molecular weight excluding hydrogens is 320 g/mol. The quantitative estimate of drug-likeness (QED) is 0.740. The first-order valence-corrected chi connectivity index (χ1v) is 8.76. The van der Waals surface area contributed by atoms with Gasteiger partial charge in [-0.3, -0.25) is 0 Å². The summed E-state index contributed by atoms with van der Waals surface area (Å²) in [5, 5.41) is 4.47. The van der Waals surface area contributed by atoms with E-state index in [-0.39, 0.29) is 0 Å². The molecule has 6 heteroatoms. The molecule has 0 unspecified atom stereocenters. The van der Waals surface area contributed by atoms with Crippen molar-refractivity contribution < 1.29 is 4.74 Å². The van der Waals surface area contributed by atoms with E-state index in [9.17, 15) is 0 Å². The van der Waals surface area contributed by atoms with Crippen LogP contribution in [0.1, 0.15) is 29.5 Å². The fraction of sp³-hybridized carbons (Fsp3) is 0.278. The van der Waals surface area contributed by atoms with Crippen LogP contribution in [0.15, 0.2) is 36.5 Å². The zero-order valence-corrected chi connectivity index (χ0v) is 14.4. The first-order valence-electron chi connectivity index (χ1n) is 7.95. The zero-order valence-electron chi connectivity index (χ0n) is 13.6. The Morgan fingerprint density at radius 2 is 2.08 bits per heavy atom. The van der Waals surface area contributed by atoms with Crippen LogP contribution in [0.3, 0.4) is 0 Å². The monoisotopic (exact) mass is 338 g/mol. The van der Waals surface area contributed by atoms with Gasteiger partial charge < -0.3 is 10.1 Å². The van der Waals surface area contributed by atoms with E-state index in [0.717, 1.165) is 27.7 Å². The number of aryl methyl sites for hydroxylation is 1. The van der Waals surface area contributed by atoms with Crippen LogP contribution in [0.2, 0.25) is 0 Å². The van der Waals surface area contributed by atoms with E-state index in [1.165, 1.54) is 17.8 Å². The van der Waals surface area contributed by atoms with E-state index in [4.69, 9.17) is 9.72 Å². The molecule has 5 nitrogen and oxygen atoms in total. The number of anilines is 2. The minimum atomic E-state index is 0.571. The first kappa shape index (κ1) is 15.1. The highest BCUT2D eigenvalue weighted by atomic mass is 32.1. The average Bonchev–Trinajstić information content (AvgIpc) is 3.38. The normalized spacial score (nSPS) is 13.8. The van der Waals surface area contributed by atoms with E-state index in [1.54, 1.807) is 24.6 Å². The molecule has 1 fully saturated rings. The fourth-order valence-electron chi connectivity index (χ4n) is 2.54. The number of thiazole rings is 1. The lowest BCUT2D eigenvalue weighted by molar-refractivity contribution is 0.415. The minimum Gasteiger partial charge on any atom is -0.497 e. The van der Waals surface area contributed by atoms with Crippen molar-refractivity contribution >= 4 is 23.0 Å². The second kappa shape index (κ2) is 6.20. The predicted molar refractivity (Wildman–Crippen MR) is 96.1 cm³/mol. The summed E-state index contributed by atoms with van der Waals surface area (Å²) in [6, 6.07) is 9.65. The van der Waals surface area contributed by atoms with Gasteiger partial charge in [-0.2, -0.15) is 0 Å². The molecule has 0 atom stereocenters. The van der Waals surface area contributed by atoms with Gasteiger partial charge in [-0.25, -0.2) is 15.0 Å². The molecule has 1 aromatic carbocycles. The number of nitrogens with zero attached hydrogens (tertiary/aromatic N) is 3. The number of nitrogens with one attached hydrogen (secondary N) is 1. The number of rotatable bonds is 5. The van der Waals surface area contributed by atoms with Gasteiger partial charge in [-0.15, -0.1) is 11.3 Å². The Hall–Kier alpha value is -2.47. The summed E-state index contributed by atoms with van der Waals surface area (Å²) < 4.78 is 5.24. The first-order chi connectivity index (χ1) is 11.7. The molecule has 1 aliphatic rings. The molecule has 24 heavy (non-hydrogen) atoms. The highest BCUT2D eigenvalue weighted by molar-refractivity contribution is 7.15. The Balaban J connectivity index is 1.61. The van der Waals surface area contributed by atoms with Crippen molar-refractivity contribution in [2.24, 2.45) is 0 Å². The Morgan fingerprint density at radius 3 is 2.88 bits per heavy atom. The van der Waals surface area contributed by atoms with Crippen LogP contribution in [0, 0.1) is 6.92 Å². The Bertz CT molecular complexity index is 873. The fourth-order valence-corrected chi connectivity index (χ4v) is 3.74. The SMILES string of the molecule is COc1cccc(Nc2nccc(-c3sc(C4CC4)nc3C)n2)c1. The van der Waals surface area contributed by atoms with Crippen LogP contribution in [0.5, 0.6) is 5.75 Å². The van der Waals surface area contributed by atoms with Crippen molar-refractivity contribution in [3.63, 3.8) is 0 Å². The van der Waals surface area contributed by atoms with E-state index in [0.29, 0.717) is 11.9 Å². The average molecular weight is 338 g/mol. The highest BCUT2D eigenvalue weighted by Crippen LogP contribution is 2.44. The largest absolute Gasteiger partial charge is 0.497 e. The van der Waals surface area contributed by atoms with Gasteiger partial charge >= 0.3 is 0 Å². The van der Waals surface area contributed by atoms with Crippen LogP contribution in [-0.4, -0.2) is 22.1 Å². The summed E-state index contributed by atoms with van der Waals surface area (Å²) in [7, 11) is 1.65. The second-order valence-electron chi connectivity index (χ2n) is 5.86. The third-order valence-corrected chi connectivity index (χ3v) is 5.30. The summed E-state index contributed by atoms with van der Waals surface area (Å²) in [6.07, 6.45) is 4.30. The lowest BCUT2D eigenvalue weighted by atomic mass is 10.3. The van der Waals surface area contributed by atoms with Gasteiger partial charge in [0.25, 0.3) is 0 Å². The highest BCUT2D eigenvalue weighted by Gasteiger charge is 2.28. The van der Waals surface area contributed by atoms with Gasteiger partial charge in [-0.05, 0) is 38.0 Å². The predicted octanol–water partition coefficient (Wildman–Crippen LogP) is 4.54. The molecule has 1 N–H and O–H groups in total. The molecule has 3 aromatic rings. The topological polar surface area (TPSA) is 59.9 Å². The van der Waals surface area contributed by atoms with E-state index in [1.807, 2.05) is 30.3 Å². The maximum Gasteiger partial charge on any atom is 0.227 e. The van der Waals surface area contributed by atoms with Gasteiger partial charge in [0.1, 0.15) is 5.75 Å². The summed E-state index contributed by atoms with van der Waals surface area (Å²) in [6.45, 7) is 2.05. The number of hydrogen-bond donors (Lipinski definition) is 1. The summed E-state index contributed by atoms with van der Waals surface area (Å²) in [5.41, 5.74) is 2.86. The molecule has 0 saturated heterocycles. The lowest BCUT2D eigenvalue weighted by Crippen LogP contribution is -1.98. The van der Waals surface area contributed by atoms with Gasteiger partial charge in [-0.1, -0.05) is 6.07 Å². The van der Waals surface area contributed by atoms with Crippen LogP contribution >= 0.6 is 11.3 Å². The molecule has 0 spiro atoms. The molecule has 0 bridgehead atoms. The Labute approximate surface area is 144 Å². The molecule has 0 amide bonds. The summed E-state index contributed by atoms with van der Waals surface area (Å²) >= 11 is 1.76. The molecule has 2 heterocycles. The summed E-state index contributed by atoms with van der Waals surface area (Å²) in [5.74, 6) is 2.03. The van der Waals surface area contributed by atoms with E-state index >= 15 is 0 Å². The minimum absolute atomic E-state index is 0.571. The van der Waals surface area contributed by atoms with Gasteiger partial charge in [0.05, 0.1) is 28.4 Å². The molecular formula is C18H18N4OS. The van der Waals surface area contributed by atoms with E-state index in [2.05, 4.69) is 22.2 Å². The van der Waals surface area contributed by atoms with E-state index < -0.39 is 0 Å². The Morgan fingerprint density at radius 1 is 1.21 bits per heavy atom. The van der Waals surface area contributed by atoms with Crippen molar-refractivity contribution in [2.75, 3.05) is 12.4 Å². The number of methoxy groups -OCH3 is 1. The maximum atomic E-state index is 5.24. The van der Waals surface area contributed by atoms with Crippen molar-refractivity contribution in [3.05, 3.63) is 47.2 Å². The number of benzene rings is 1. The van der Waals surface area contributed by atoms with Crippen molar-refractivity contribution in [3.8, 4) is 16.3 Å². The van der Waals surface area contributed by atoms with Crippen molar-refractivity contribution in [1.82, 2.24) is 15.0 Å². The smallest absolute Gasteiger partial charge is 0.227 e. The van der Waals surface area contributed by atoms with Gasteiger partial charge in [0, 0.05) is 23.9 Å². The summed E-state index contributed by atoms with van der Waals surface area (Å²) in [4.78, 5) is 14.8. The van der Waals surface area contributed by atoms with Crippen LogP contribution in [-0.2, 0) is 0 Å². The van der Waals surface area contributed by atoms with Crippen LogP contribution < -0.4 is 10.1 Å². The second-order valence-corrected chi connectivity index (χ2v) is 6.89. The van der Waals surface area contributed by atoms with Gasteiger partial charge in [0.15, 0.2) is 0 Å². The molecule has 122 valence electrons. The standard InChI is InChI=1S/C18H18N4OS/c1-11-16(24-17(20-11)12-6-7-12)15-8-9-19-18(22-15)21-13-4-3-5-14(10-13)23-2/h3-5,8-10,12H,6-7H2,1-2H3,(H,19,21,22). The molecule has 1 saturated carbocycles. The van der Waals surface area contributed by atoms with Crippen molar-refractivity contribution in [2.45, 2.75) is 25.7 Å². The number of ether oxygens (including phenoxy) is 1. The molecule has 4 rings (SSSR count).